The molecular formula is C16H15ClN2O3S. The van der Waals surface area contributed by atoms with Crippen LogP contribution in [0.2, 0.25) is 5.02 Å². The Morgan fingerprint density at radius 1 is 1.17 bits per heavy atom. The van der Waals surface area contributed by atoms with Crippen molar-refractivity contribution in [2.45, 2.75) is 12.8 Å². The molecule has 2 aliphatic heterocycles. The Kier molecular flexibility index (Phi) is 4.73. The summed E-state index contributed by atoms with van der Waals surface area (Å²) in [5, 5.41) is 0.203. The van der Waals surface area contributed by atoms with Gasteiger partial charge in [-0.15, -0.1) is 0 Å². The average molecular weight is 351 g/mol. The lowest BCUT2D eigenvalue weighted by atomic mass is 10.2. The molecule has 120 valence electrons. The maximum Gasteiger partial charge on any atom is 0.294 e. The molecule has 3 amide bonds. The van der Waals surface area contributed by atoms with Crippen molar-refractivity contribution in [3.8, 4) is 0 Å². The molecule has 1 aromatic rings. The van der Waals surface area contributed by atoms with Crippen LogP contribution < -0.4 is 0 Å². The number of likely N-dealkylation sites (tertiary alicyclic amines) is 1. The molecule has 0 N–H and O–H groups in total. The first-order valence-electron chi connectivity index (χ1n) is 7.33. The number of carbonyl (C=O) groups excluding carboxylic acids is 3. The molecule has 0 bridgehead atoms. The minimum atomic E-state index is -0.414. The van der Waals surface area contributed by atoms with E-state index in [4.69, 9.17) is 11.6 Å². The topological polar surface area (TPSA) is 57.7 Å². The third kappa shape index (κ3) is 3.59. The fraction of sp³-hybridized carbons (Fsp3) is 0.312. The molecule has 0 aliphatic carbocycles. The maximum atomic E-state index is 12.4. The van der Waals surface area contributed by atoms with Crippen LogP contribution in [0, 0.1) is 0 Å². The van der Waals surface area contributed by atoms with Gasteiger partial charge in [0.25, 0.3) is 11.1 Å². The fourth-order valence-electron chi connectivity index (χ4n) is 2.55. The van der Waals surface area contributed by atoms with Crippen LogP contribution in [0.25, 0.3) is 6.08 Å². The SMILES string of the molecule is O=C(CN1C(=O)S/C(=C/c2ccc(Cl)cc2)C1=O)N1CCCC1. The summed E-state index contributed by atoms with van der Waals surface area (Å²) in [7, 11) is 0. The Hall–Kier alpha value is -1.79. The van der Waals surface area contributed by atoms with Crippen LogP contribution in [0.3, 0.4) is 0 Å². The number of amides is 3. The molecule has 2 saturated heterocycles. The summed E-state index contributed by atoms with van der Waals surface area (Å²) in [6.07, 6.45) is 3.59. The number of rotatable bonds is 3. The number of halogens is 1. The highest BCUT2D eigenvalue weighted by Gasteiger charge is 2.37. The first-order valence-corrected chi connectivity index (χ1v) is 8.53. The van der Waals surface area contributed by atoms with Crippen molar-refractivity contribution in [3.05, 3.63) is 39.8 Å². The van der Waals surface area contributed by atoms with Gasteiger partial charge in [0, 0.05) is 18.1 Å². The van der Waals surface area contributed by atoms with E-state index in [9.17, 15) is 14.4 Å². The highest BCUT2D eigenvalue weighted by atomic mass is 35.5. The molecule has 2 heterocycles. The lowest BCUT2D eigenvalue weighted by Crippen LogP contribution is -2.40. The third-order valence-electron chi connectivity index (χ3n) is 3.79. The summed E-state index contributed by atoms with van der Waals surface area (Å²) in [4.78, 5) is 39.6. The molecule has 0 spiro atoms. The van der Waals surface area contributed by atoms with E-state index in [0.29, 0.717) is 23.0 Å². The second kappa shape index (κ2) is 6.76. The van der Waals surface area contributed by atoms with Gasteiger partial charge in [0.05, 0.1) is 4.91 Å². The summed E-state index contributed by atoms with van der Waals surface area (Å²) in [6, 6.07) is 6.97. The van der Waals surface area contributed by atoms with Crippen molar-refractivity contribution in [1.29, 1.82) is 0 Å². The fourth-order valence-corrected chi connectivity index (χ4v) is 3.51. The van der Waals surface area contributed by atoms with E-state index in [-0.39, 0.29) is 12.5 Å². The van der Waals surface area contributed by atoms with Crippen molar-refractivity contribution >= 4 is 46.5 Å². The van der Waals surface area contributed by atoms with Crippen molar-refractivity contribution in [3.63, 3.8) is 0 Å². The zero-order valence-corrected chi connectivity index (χ0v) is 13.9. The number of imide groups is 1. The van der Waals surface area contributed by atoms with E-state index in [1.165, 1.54) is 0 Å². The number of hydrogen-bond donors (Lipinski definition) is 0. The summed E-state index contributed by atoms with van der Waals surface area (Å²) in [6.45, 7) is 1.23. The lowest BCUT2D eigenvalue weighted by Gasteiger charge is -2.18. The quantitative estimate of drug-likeness (QED) is 0.786. The Morgan fingerprint density at radius 2 is 1.83 bits per heavy atom. The molecule has 23 heavy (non-hydrogen) atoms. The van der Waals surface area contributed by atoms with Crippen LogP contribution in [0.15, 0.2) is 29.2 Å². The second-order valence-corrected chi connectivity index (χ2v) is 6.84. The second-order valence-electron chi connectivity index (χ2n) is 5.41. The summed E-state index contributed by atoms with van der Waals surface area (Å²) >= 11 is 6.69. The molecule has 0 saturated carbocycles. The number of thioether (sulfide) groups is 1. The molecule has 2 aliphatic rings. The molecule has 1 aromatic carbocycles. The molecule has 2 fully saturated rings. The number of benzene rings is 1. The molecule has 0 atom stereocenters. The van der Waals surface area contributed by atoms with Gasteiger partial charge in [-0.1, -0.05) is 23.7 Å². The van der Waals surface area contributed by atoms with Gasteiger partial charge in [-0.05, 0) is 48.4 Å². The van der Waals surface area contributed by atoms with Gasteiger partial charge in [-0.2, -0.15) is 0 Å². The molecule has 0 unspecified atom stereocenters. The number of nitrogens with zero attached hydrogens (tertiary/aromatic N) is 2. The lowest BCUT2D eigenvalue weighted by molar-refractivity contribution is -0.135. The standard InChI is InChI=1S/C16H15ClN2O3S/c17-12-5-3-11(4-6-12)9-13-15(21)19(16(22)23-13)10-14(20)18-7-1-2-8-18/h3-6,9H,1-2,7-8,10H2/b13-9+. The normalized spacial score (nSPS) is 20.0. The Balaban J connectivity index is 1.71. The van der Waals surface area contributed by atoms with E-state index in [1.807, 2.05) is 0 Å². The van der Waals surface area contributed by atoms with Crippen LogP contribution in [0.1, 0.15) is 18.4 Å². The van der Waals surface area contributed by atoms with Crippen molar-refractivity contribution < 1.29 is 14.4 Å². The zero-order valence-electron chi connectivity index (χ0n) is 12.3. The van der Waals surface area contributed by atoms with Crippen LogP contribution >= 0.6 is 23.4 Å². The minimum absolute atomic E-state index is 0.169. The predicted molar refractivity (Wildman–Crippen MR) is 89.9 cm³/mol. The van der Waals surface area contributed by atoms with E-state index in [1.54, 1.807) is 35.2 Å². The van der Waals surface area contributed by atoms with Gasteiger partial charge in [0.2, 0.25) is 5.91 Å². The van der Waals surface area contributed by atoms with Gasteiger partial charge in [0.15, 0.2) is 0 Å². The monoisotopic (exact) mass is 350 g/mol. The highest BCUT2D eigenvalue weighted by molar-refractivity contribution is 8.18. The third-order valence-corrected chi connectivity index (χ3v) is 4.95. The smallest absolute Gasteiger partial charge is 0.294 e. The zero-order chi connectivity index (χ0) is 16.4. The van der Waals surface area contributed by atoms with Gasteiger partial charge in [-0.3, -0.25) is 19.3 Å². The summed E-state index contributed by atoms with van der Waals surface area (Å²) < 4.78 is 0. The minimum Gasteiger partial charge on any atom is -0.341 e. The molecular weight excluding hydrogens is 336 g/mol. The predicted octanol–water partition coefficient (Wildman–Crippen LogP) is 3.00. The number of hydrogen-bond acceptors (Lipinski definition) is 4. The largest absolute Gasteiger partial charge is 0.341 e. The van der Waals surface area contributed by atoms with Crippen LogP contribution in [0.4, 0.5) is 4.79 Å². The van der Waals surface area contributed by atoms with Gasteiger partial charge < -0.3 is 4.90 Å². The van der Waals surface area contributed by atoms with Crippen LogP contribution in [0.5, 0.6) is 0 Å². The van der Waals surface area contributed by atoms with Crippen molar-refractivity contribution in [2.24, 2.45) is 0 Å². The summed E-state index contributed by atoms with van der Waals surface area (Å²) in [5.74, 6) is -0.583. The Morgan fingerprint density at radius 3 is 2.48 bits per heavy atom. The van der Waals surface area contributed by atoms with Crippen molar-refractivity contribution in [1.82, 2.24) is 9.80 Å². The first-order chi connectivity index (χ1) is 11.0. The highest BCUT2D eigenvalue weighted by Crippen LogP contribution is 2.32. The van der Waals surface area contributed by atoms with Crippen LogP contribution in [-0.4, -0.2) is 46.5 Å². The van der Waals surface area contributed by atoms with Gasteiger partial charge >= 0.3 is 0 Å². The van der Waals surface area contributed by atoms with E-state index >= 15 is 0 Å². The Bertz CT molecular complexity index is 681. The molecule has 5 nitrogen and oxygen atoms in total. The summed E-state index contributed by atoms with van der Waals surface area (Å²) in [5.41, 5.74) is 0.783. The molecule has 7 heteroatoms. The first kappa shape index (κ1) is 16.1. The Labute approximate surface area is 143 Å². The molecule has 3 rings (SSSR count). The van der Waals surface area contributed by atoms with E-state index in [2.05, 4.69) is 0 Å². The number of carbonyl (C=O) groups is 3. The molecule has 0 aromatic heterocycles. The maximum absolute atomic E-state index is 12.4. The van der Waals surface area contributed by atoms with Gasteiger partial charge in [0.1, 0.15) is 6.54 Å². The molecule has 0 radical (unpaired) electrons. The van der Waals surface area contributed by atoms with Crippen LogP contribution in [-0.2, 0) is 9.59 Å². The van der Waals surface area contributed by atoms with E-state index in [0.717, 1.165) is 35.1 Å². The van der Waals surface area contributed by atoms with Gasteiger partial charge in [-0.25, -0.2) is 0 Å². The average Bonchev–Trinajstić information content (AvgIpc) is 3.14. The van der Waals surface area contributed by atoms with Crippen molar-refractivity contribution in [2.75, 3.05) is 19.6 Å². The van der Waals surface area contributed by atoms with E-state index < -0.39 is 11.1 Å².